The SMILES string of the molecule is CC(C)C(C)C(=O)NC(CC(=O)O)C(C)(C)C. The van der Waals surface area contributed by atoms with Gasteiger partial charge in [0.05, 0.1) is 6.42 Å². The first-order valence-electron chi connectivity index (χ1n) is 6.08. The Bertz CT molecular complexity index is 279. The molecule has 1 amide bonds. The van der Waals surface area contributed by atoms with Gasteiger partial charge in [-0.15, -0.1) is 0 Å². The normalized spacial score (nSPS) is 15.5. The van der Waals surface area contributed by atoms with Crippen molar-refractivity contribution in [1.82, 2.24) is 5.32 Å². The quantitative estimate of drug-likeness (QED) is 0.778. The first-order valence-corrected chi connectivity index (χ1v) is 6.08. The van der Waals surface area contributed by atoms with Crippen molar-refractivity contribution in [2.24, 2.45) is 17.3 Å². The molecule has 2 N–H and O–H groups in total. The monoisotopic (exact) mass is 243 g/mol. The molecule has 4 nitrogen and oxygen atoms in total. The summed E-state index contributed by atoms with van der Waals surface area (Å²) in [5.41, 5.74) is -0.259. The Morgan fingerprint density at radius 1 is 1.18 bits per heavy atom. The van der Waals surface area contributed by atoms with Gasteiger partial charge in [-0.3, -0.25) is 9.59 Å². The molecular formula is C13H25NO3. The Kier molecular flexibility index (Phi) is 5.66. The van der Waals surface area contributed by atoms with Gasteiger partial charge in [0, 0.05) is 12.0 Å². The summed E-state index contributed by atoms with van der Waals surface area (Å²) in [5.74, 6) is -0.808. The molecule has 0 aromatic heterocycles. The Morgan fingerprint density at radius 2 is 1.65 bits per heavy atom. The first-order chi connectivity index (χ1) is 7.55. The Morgan fingerprint density at radius 3 is 1.94 bits per heavy atom. The van der Waals surface area contributed by atoms with E-state index < -0.39 is 5.97 Å². The Labute approximate surface area is 104 Å². The summed E-state index contributed by atoms with van der Waals surface area (Å²) in [6, 6.07) is -0.339. The average Bonchev–Trinajstić information content (AvgIpc) is 2.13. The number of amides is 1. The molecule has 0 heterocycles. The van der Waals surface area contributed by atoms with Gasteiger partial charge in [0.1, 0.15) is 0 Å². The zero-order valence-corrected chi connectivity index (χ0v) is 11.7. The highest BCUT2D eigenvalue weighted by Gasteiger charge is 2.30. The summed E-state index contributed by atoms with van der Waals surface area (Å²) < 4.78 is 0. The van der Waals surface area contributed by atoms with Crippen LogP contribution in [-0.4, -0.2) is 23.0 Å². The van der Waals surface area contributed by atoms with Crippen LogP contribution in [0.4, 0.5) is 0 Å². The van der Waals surface area contributed by atoms with Crippen LogP contribution in [0.15, 0.2) is 0 Å². The summed E-state index contributed by atoms with van der Waals surface area (Å²) >= 11 is 0. The van der Waals surface area contributed by atoms with Crippen LogP contribution in [0.25, 0.3) is 0 Å². The van der Waals surface area contributed by atoms with Crippen molar-refractivity contribution >= 4 is 11.9 Å². The Balaban J connectivity index is 4.65. The molecule has 0 saturated carbocycles. The van der Waals surface area contributed by atoms with Crippen LogP contribution in [0.5, 0.6) is 0 Å². The van der Waals surface area contributed by atoms with Gasteiger partial charge in [0.2, 0.25) is 5.91 Å². The highest BCUT2D eigenvalue weighted by atomic mass is 16.4. The molecule has 0 fully saturated rings. The summed E-state index contributed by atoms with van der Waals surface area (Å²) in [6.07, 6.45) is -0.0416. The van der Waals surface area contributed by atoms with Crippen molar-refractivity contribution in [2.75, 3.05) is 0 Å². The fourth-order valence-corrected chi connectivity index (χ4v) is 1.35. The molecule has 0 bridgehead atoms. The van der Waals surface area contributed by atoms with Gasteiger partial charge >= 0.3 is 5.97 Å². The number of rotatable bonds is 5. The fraction of sp³-hybridized carbons (Fsp3) is 0.846. The third kappa shape index (κ3) is 5.71. The van der Waals surface area contributed by atoms with Gasteiger partial charge in [-0.25, -0.2) is 0 Å². The number of aliphatic carboxylic acids is 1. The molecule has 2 atom stereocenters. The van der Waals surface area contributed by atoms with Gasteiger partial charge < -0.3 is 10.4 Å². The maximum atomic E-state index is 11.9. The number of carbonyl (C=O) groups excluding carboxylic acids is 1. The predicted octanol–water partition coefficient (Wildman–Crippen LogP) is 2.28. The van der Waals surface area contributed by atoms with E-state index in [0.717, 1.165) is 0 Å². The molecule has 0 spiro atoms. The Hall–Kier alpha value is -1.06. The molecule has 0 aliphatic carbocycles. The van der Waals surface area contributed by atoms with E-state index in [0.29, 0.717) is 0 Å². The van der Waals surface area contributed by atoms with Crippen LogP contribution in [0.1, 0.15) is 48.0 Å². The molecule has 0 aromatic rings. The summed E-state index contributed by atoms with van der Waals surface area (Å²) in [4.78, 5) is 22.7. The number of carbonyl (C=O) groups is 2. The summed E-state index contributed by atoms with van der Waals surface area (Å²) in [7, 11) is 0. The lowest BCUT2D eigenvalue weighted by molar-refractivity contribution is -0.138. The maximum Gasteiger partial charge on any atom is 0.305 e. The lowest BCUT2D eigenvalue weighted by Gasteiger charge is -2.31. The number of carboxylic acid groups (broad SMARTS) is 1. The largest absolute Gasteiger partial charge is 0.481 e. The van der Waals surface area contributed by atoms with E-state index in [-0.39, 0.29) is 35.6 Å². The van der Waals surface area contributed by atoms with Crippen molar-refractivity contribution < 1.29 is 14.7 Å². The molecule has 4 heteroatoms. The first kappa shape index (κ1) is 15.9. The second kappa shape index (κ2) is 6.03. The van der Waals surface area contributed by atoms with Crippen molar-refractivity contribution in [3.05, 3.63) is 0 Å². The van der Waals surface area contributed by atoms with Crippen LogP contribution in [-0.2, 0) is 9.59 Å². The number of hydrogen-bond acceptors (Lipinski definition) is 2. The number of carboxylic acids is 1. The van der Waals surface area contributed by atoms with Crippen molar-refractivity contribution in [3.8, 4) is 0 Å². The second-order valence-electron chi connectivity index (χ2n) is 6.06. The standard InChI is InChI=1S/C13H25NO3/c1-8(2)9(3)12(17)14-10(7-11(15)16)13(4,5)6/h8-10H,7H2,1-6H3,(H,14,17)(H,15,16). The van der Waals surface area contributed by atoms with Gasteiger partial charge in [0.25, 0.3) is 0 Å². The molecule has 17 heavy (non-hydrogen) atoms. The van der Waals surface area contributed by atoms with E-state index in [9.17, 15) is 9.59 Å². The topological polar surface area (TPSA) is 66.4 Å². The van der Waals surface area contributed by atoms with Crippen LogP contribution in [0.3, 0.4) is 0 Å². The van der Waals surface area contributed by atoms with E-state index in [2.05, 4.69) is 5.32 Å². The highest BCUT2D eigenvalue weighted by Crippen LogP contribution is 2.23. The highest BCUT2D eigenvalue weighted by molar-refractivity contribution is 5.79. The second-order valence-corrected chi connectivity index (χ2v) is 6.06. The van der Waals surface area contributed by atoms with Gasteiger partial charge in [0.15, 0.2) is 0 Å². The lowest BCUT2D eigenvalue weighted by Crippen LogP contribution is -2.47. The summed E-state index contributed by atoms with van der Waals surface area (Å²) in [6.45, 7) is 11.6. The van der Waals surface area contributed by atoms with E-state index in [1.807, 2.05) is 41.5 Å². The van der Waals surface area contributed by atoms with Gasteiger partial charge in [-0.1, -0.05) is 41.5 Å². The lowest BCUT2D eigenvalue weighted by atomic mass is 9.84. The van der Waals surface area contributed by atoms with Crippen molar-refractivity contribution in [1.29, 1.82) is 0 Å². The molecule has 0 aliphatic rings. The van der Waals surface area contributed by atoms with Crippen molar-refractivity contribution in [2.45, 2.75) is 54.0 Å². The zero-order chi connectivity index (χ0) is 13.8. The van der Waals surface area contributed by atoms with Crippen LogP contribution < -0.4 is 5.32 Å². The van der Waals surface area contributed by atoms with E-state index in [1.54, 1.807) is 0 Å². The molecule has 2 unspecified atom stereocenters. The average molecular weight is 243 g/mol. The third-order valence-corrected chi connectivity index (χ3v) is 3.15. The minimum atomic E-state index is -0.887. The molecule has 0 rings (SSSR count). The van der Waals surface area contributed by atoms with E-state index >= 15 is 0 Å². The van der Waals surface area contributed by atoms with Gasteiger partial charge in [-0.05, 0) is 11.3 Å². The van der Waals surface area contributed by atoms with E-state index in [4.69, 9.17) is 5.11 Å². The molecule has 0 aliphatic heterocycles. The van der Waals surface area contributed by atoms with Crippen LogP contribution in [0, 0.1) is 17.3 Å². The maximum absolute atomic E-state index is 11.9. The van der Waals surface area contributed by atoms with Crippen LogP contribution >= 0.6 is 0 Å². The molecule has 0 aromatic carbocycles. The smallest absolute Gasteiger partial charge is 0.305 e. The minimum Gasteiger partial charge on any atom is -0.481 e. The fourth-order valence-electron chi connectivity index (χ4n) is 1.35. The third-order valence-electron chi connectivity index (χ3n) is 3.15. The number of nitrogens with one attached hydrogen (secondary N) is 1. The van der Waals surface area contributed by atoms with E-state index in [1.165, 1.54) is 0 Å². The molecule has 0 radical (unpaired) electrons. The minimum absolute atomic E-state index is 0.0416. The molecule has 0 saturated heterocycles. The van der Waals surface area contributed by atoms with Crippen LogP contribution in [0.2, 0.25) is 0 Å². The predicted molar refractivity (Wildman–Crippen MR) is 67.6 cm³/mol. The molecular weight excluding hydrogens is 218 g/mol. The van der Waals surface area contributed by atoms with Gasteiger partial charge in [-0.2, -0.15) is 0 Å². The molecule has 100 valence electrons. The van der Waals surface area contributed by atoms with Crippen molar-refractivity contribution in [3.63, 3.8) is 0 Å². The summed E-state index contributed by atoms with van der Waals surface area (Å²) in [5, 5.41) is 11.7. The zero-order valence-electron chi connectivity index (χ0n) is 11.7. The number of hydrogen-bond donors (Lipinski definition) is 2.